The number of nitrogens with zero attached hydrogens (tertiary/aromatic N) is 2. The molecule has 1 aromatic heterocycles. The number of aryl methyl sites for hydroxylation is 1. The normalized spacial score (nSPS) is 10.3. The second-order valence-electron chi connectivity index (χ2n) is 6.08. The number of rotatable bonds is 8. The SMILES string of the molecule is COc1ccccc1CCNc1nccc(Nc2cc(C)ccc2OC)n1. The minimum atomic E-state index is 0.571. The summed E-state index contributed by atoms with van der Waals surface area (Å²) in [6.45, 7) is 2.74. The van der Waals surface area contributed by atoms with Crippen molar-refractivity contribution in [1.82, 2.24) is 9.97 Å². The second-order valence-corrected chi connectivity index (χ2v) is 6.08. The molecular formula is C21H24N4O2. The van der Waals surface area contributed by atoms with Crippen LogP contribution in [0.1, 0.15) is 11.1 Å². The van der Waals surface area contributed by atoms with Gasteiger partial charge in [0, 0.05) is 12.7 Å². The molecule has 0 atom stereocenters. The molecule has 0 bridgehead atoms. The highest BCUT2D eigenvalue weighted by atomic mass is 16.5. The van der Waals surface area contributed by atoms with Crippen molar-refractivity contribution in [2.24, 2.45) is 0 Å². The fourth-order valence-electron chi connectivity index (χ4n) is 2.79. The van der Waals surface area contributed by atoms with Gasteiger partial charge in [0.15, 0.2) is 0 Å². The maximum absolute atomic E-state index is 5.41. The Morgan fingerprint density at radius 3 is 2.59 bits per heavy atom. The van der Waals surface area contributed by atoms with E-state index in [1.165, 1.54) is 0 Å². The van der Waals surface area contributed by atoms with Crippen molar-refractivity contribution in [2.75, 3.05) is 31.4 Å². The van der Waals surface area contributed by atoms with Gasteiger partial charge < -0.3 is 20.1 Å². The van der Waals surface area contributed by atoms with Crippen LogP contribution in [-0.4, -0.2) is 30.7 Å². The Morgan fingerprint density at radius 2 is 1.78 bits per heavy atom. The highest BCUT2D eigenvalue weighted by Gasteiger charge is 2.06. The first-order valence-electron chi connectivity index (χ1n) is 8.80. The van der Waals surface area contributed by atoms with E-state index in [1.54, 1.807) is 20.4 Å². The summed E-state index contributed by atoms with van der Waals surface area (Å²) >= 11 is 0. The standard InChI is InChI=1S/C21H24N4O2/c1-15-8-9-19(27-3)17(14-15)24-20-11-13-23-21(25-20)22-12-10-16-6-4-5-7-18(16)26-2/h4-9,11,13-14H,10,12H2,1-3H3,(H2,22,23,24,25). The Morgan fingerprint density at radius 1 is 0.963 bits per heavy atom. The van der Waals surface area contributed by atoms with Crippen LogP contribution in [0.4, 0.5) is 17.5 Å². The lowest BCUT2D eigenvalue weighted by Crippen LogP contribution is -2.09. The fourth-order valence-corrected chi connectivity index (χ4v) is 2.79. The third-order valence-corrected chi connectivity index (χ3v) is 4.14. The number of benzene rings is 2. The van der Waals surface area contributed by atoms with Gasteiger partial charge in [0.2, 0.25) is 5.95 Å². The average molecular weight is 364 g/mol. The molecule has 27 heavy (non-hydrogen) atoms. The molecular weight excluding hydrogens is 340 g/mol. The lowest BCUT2D eigenvalue weighted by Gasteiger charge is -2.12. The van der Waals surface area contributed by atoms with Crippen LogP contribution in [0, 0.1) is 6.92 Å². The molecule has 0 amide bonds. The van der Waals surface area contributed by atoms with Crippen molar-refractivity contribution in [3.63, 3.8) is 0 Å². The Bertz CT molecular complexity index is 899. The monoisotopic (exact) mass is 364 g/mol. The van der Waals surface area contributed by atoms with E-state index in [2.05, 4.69) is 26.7 Å². The summed E-state index contributed by atoms with van der Waals surface area (Å²) in [5, 5.41) is 6.56. The molecule has 140 valence electrons. The summed E-state index contributed by atoms with van der Waals surface area (Å²) < 4.78 is 10.8. The van der Waals surface area contributed by atoms with Crippen LogP contribution in [0.3, 0.4) is 0 Å². The molecule has 0 unspecified atom stereocenters. The Labute approximate surface area is 159 Å². The van der Waals surface area contributed by atoms with Gasteiger partial charge in [-0.2, -0.15) is 4.98 Å². The van der Waals surface area contributed by atoms with E-state index >= 15 is 0 Å². The lowest BCUT2D eigenvalue weighted by atomic mass is 10.1. The molecule has 0 radical (unpaired) electrons. The number of para-hydroxylation sites is 1. The Kier molecular flexibility index (Phi) is 6.10. The number of methoxy groups -OCH3 is 2. The zero-order valence-corrected chi connectivity index (χ0v) is 15.8. The van der Waals surface area contributed by atoms with E-state index < -0.39 is 0 Å². The maximum atomic E-state index is 5.41. The molecule has 0 spiro atoms. The third-order valence-electron chi connectivity index (χ3n) is 4.14. The molecule has 6 nitrogen and oxygen atoms in total. The molecule has 2 aromatic carbocycles. The molecule has 1 heterocycles. The van der Waals surface area contributed by atoms with Gasteiger partial charge in [-0.1, -0.05) is 24.3 Å². The van der Waals surface area contributed by atoms with Gasteiger partial charge in [0.05, 0.1) is 19.9 Å². The average Bonchev–Trinajstić information content (AvgIpc) is 2.69. The van der Waals surface area contributed by atoms with Crippen LogP contribution in [0.5, 0.6) is 11.5 Å². The largest absolute Gasteiger partial charge is 0.496 e. The van der Waals surface area contributed by atoms with Crippen molar-refractivity contribution < 1.29 is 9.47 Å². The van der Waals surface area contributed by atoms with Crippen molar-refractivity contribution in [2.45, 2.75) is 13.3 Å². The predicted octanol–water partition coefficient (Wildman–Crippen LogP) is 4.20. The lowest BCUT2D eigenvalue weighted by molar-refractivity contribution is 0.410. The minimum absolute atomic E-state index is 0.571. The van der Waals surface area contributed by atoms with Gasteiger partial charge in [0.1, 0.15) is 17.3 Å². The van der Waals surface area contributed by atoms with E-state index in [1.807, 2.05) is 49.4 Å². The summed E-state index contributed by atoms with van der Waals surface area (Å²) in [5.41, 5.74) is 3.16. The summed E-state index contributed by atoms with van der Waals surface area (Å²) in [6.07, 6.45) is 2.54. The maximum Gasteiger partial charge on any atom is 0.224 e. The predicted molar refractivity (Wildman–Crippen MR) is 108 cm³/mol. The quantitative estimate of drug-likeness (QED) is 0.624. The van der Waals surface area contributed by atoms with Gasteiger partial charge in [-0.3, -0.25) is 0 Å². The number of hydrogen-bond acceptors (Lipinski definition) is 6. The molecule has 3 rings (SSSR count). The molecule has 0 aliphatic rings. The number of aromatic nitrogens is 2. The molecule has 0 fully saturated rings. The molecule has 6 heteroatoms. The van der Waals surface area contributed by atoms with Crippen molar-refractivity contribution in [3.8, 4) is 11.5 Å². The van der Waals surface area contributed by atoms with E-state index in [4.69, 9.17) is 9.47 Å². The molecule has 2 N–H and O–H groups in total. The van der Waals surface area contributed by atoms with Crippen LogP contribution >= 0.6 is 0 Å². The first kappa shape index (κ1) is 18.5. The van der Waals surface area contributed by atoms with Gasteiger partial charge in [-0.05, 0) is 48.7 Å². The second kappa shape index (κ2) is 8.89. The highest BCUT2D eigenvalue weighted by molar-refractivity contribution is 5.65. The first-order valence-corrected chi connectivity index (χ1v) is 8.80. The van der Waals surface area contributed by atoms with Crippen LogP contribution in [0.15, 0.2) is 54.7 Å². The summed E-state index contributed by atoms with van der Waals surface area (Å²) in [7, 11) is 3.34. The van der Waals surface area contributed by atoms with Crippen molar-refractivity contribution in [3.05, 3.63) is 65.9 Å². The fraction of sp³-hybridized carbons (Fsp3) is 0.238. The zero-order valence-electron chi connectivity index (χ0n) is 15.8. The Hall–Kier alpha value is -3.28. The number of nitrogens with one attached hydrogen (secondary N) is 2. The summed E-state index contributed by atoms with van der Waals surface area (Å²) in [5.74, 6) is 2.93. The van der Waals surface area contributed by atoms with Crippen LogP contribution < -0.4 is 20.1 Å². The van der Waals surface area contributed by atoms with Gasteiger partial charge in [-0.15, -0.1) is 0 Å². The number of anilines is 3. The highest BCUT2D eigenvalue weighted by Crippen LogP contribution is 2.28. The Balaban J connectivity index is 1.65. The van der Waals surface area contributed by atoms with E-state index in [0.717, 1.165) is 34.7 Å². The van der Waals surface area contributed by atoms with E-state index in [0.29, 0.717) is 18.3 Å². The summed E-state index contributed by atoms with van der Waals surface area (Å²) in [6, 6.07) is 15.8. The zero-order chi connectivity index (χ0) is 19.1. The van der Waals surface area contributed by atoms with Crippen molar-refractivity contribution >= 4 is 17.5 Å². The smallest absolute Gasteiger partial charge is 0.224 e. The van der Waals surface area contributed by atoms with Crippen LogP contribution in [0.25, 0.3) is 0 Å². The molecule has 3 aromatic rings. The molecule has 0 saturated carbocycles. The first-order chi connectivity index (χ1) is 13.2. The molecule has 0 aliphatic carbocycles. The van der Waals surface area contributed by atoms with E-state index in [9.17, 15) is 0 Å². The third kappa shape index (κ3) is 4.88. The topological polar surface area (TPSA) is 68.3 Å². The van der Waals surface area contributed by atoms with Crippen LogP contribution in [0.2, 0.25) is 0 Å². The number of hydrogen-bond donors (Lipinski definition) is 2. The minimum Gasteiger partial charge on any atom is -0.496 e. The van der Waals surface area contributed by atoms with Crippen molar-refractivity contribution in [1.29, 1.82) is 0 Å². The van der Waals surface area contributed by atoms with Crippen LogP contribution in [-0.2, 0) is 6.42 Å². The number of ether oxygens (including phenoxy) is 2. The van der Waals surface area contributed by atoms with Gasteiger partial charge >= 0.3 is 0 Å². The summed E-state index contributed by atoms with van der Waals surface area (Å²) in [4.78, 5) is 8.82. The van der Waals surface area contributed by atoms with E-state index in [-0.39, 0.29) is 0 Å². The molecule has 0 aliphatic heterocycles. The van der Waals surface area contributed by atoms with Gasteiger partial charge in [-0.25, -0.2) is 4.98 Å². The van der Waals surface area contributed by atoms with Gasteiger partial charge in [0.25, 0.3) is 0 Å². The molecule has 0 saturated heterocycles.